The molecule has 16 heavy (non-hydrogen) atoms. The van der Waals surface area contributed by atoms with E-state index in [9.17, 15) is 4.39 Å². The summed E-state index contributed by atoms with van der Waals surface area (Å²) in [7, 11) is 1.59. The second-order valence-corrected chi connectivity index (χ2v) is 4.80. The number of ether oxygens (including phenoxy) is 1. The molecule has 1 N–H and O–H groups in total. The van der Waals surface area contributed by atoms with E-state index in [1.807, 2.05) is 6.07 Å². The van der Waals surface area contributed by atoms with Gasteiger partial charge in [0.2, 0.25) is 0 Å². The largest absolute Gasteiger partial charge is 0.495 e. The Bertz CT molecular complexity index is 378. The molecular weight excluding hydrogens is 273 g/mol. The Labute approximate surface area is 103 Å². The van der Waals surface area contributed by atoms with Crippen molar-refractivity contribution in [3.05, 3.63) is 28.0 Å². The Morgan fingerprint density at radius 2 is 2.06 bits per heavy atom. The summed E-state index contributed by atoms with van der Waals surface area (Å²) < 4.78 is 19.1. The first-order valence-corrected chi connectivity index (χ1v) is 6.26. The van der Waals surface area contributed by atoms with Crippen molar-refractivity contribution in [2.24, 2.45) is 0 Å². The van der Waals surface area contributed by atoms with Crippen LogP contribution in [0.1, 0.15) is 24.3 Å². The van der Waals surface area contributed by atoms with Gasteiger partial charge < -0.3 is 10.1 Å². The molecule has 0 radical (unpaired) electrons. The molecule has 1 heterocycles. The van der Waals surface area contributed by atoms with Crippen LogP contribution < -0.4 is 10.1 Å². The average molecular weight is 288 g/mol. The monoisotopic (exact) mass is 287 g/mol. The minimum Gasteiger partial charge on any atom is -0.495 e. The van der Waals surface area contributed by atoms with E-state index in [1.165, 1.54) is 6.07 Å². The van der Waals surface area contributed by atoms with Crippen molar-refractivity contribution >= 4 is 15.9 Å². The normalized spacial score (nSPS) is 17.4. The molecule has 0 aliphatic carbocycles. The average Bonchev–Trinajstić information content (AvgIpc) is 2.33. The zero-order valence-electron chi connectivity index (χ0n) is 9.22. The molecule has 1 saturated heterocycles. The van der Waals surface area contributed by atoms with Gasteiger partial charge in [0.05, 0.1) is 11.6 Å². The van der Waals surface area contributed by atoms with Crippen molar-refractivity contribution in [2.75, 3.05) is 20.2 Å². The van der Waals surface area contributed by atoms with Gasteiger partial charge in [-0.2, -0.15) is 0 Å². The Balaban J connectivity index is 2.35. The first-order chi connectivity index (χ1) is 7.74. The van der Waals surface area contributed by atoms with Crippen molar-refractivity contribution in [3.63, 3.8) is 0 Å². The third-order valence-electron chi connectivity index (χ3n) is 3.06. The van der Waals surface area contributed by atoms with E-state index in [0.717, 1.165) is 31.5 Å². The highest BCUT2D eigenvalue weighted by Crippen LogP contribution is 2.38. The van der Waals surface area contributed by atoms with Crippen LogP contribution >= 0.6 is 15.9 Å². The SMILES string of the molecule is COc1c(C2CCNCC2)ccc(F)c1Br. The molecule has 1 aliphatic heterocycles. The lowest BCUT2D eigenvalue weighted by Gasteiger charge is -2.25. The van der Waals surface area contributed by atoms with Gasteiger partial charge in [0.1, 0.15) is 11.6 Å². The minimum absolute atomic E-state index is 0.269. The molecule has 0 saturated carbocycles. The number of benzene rings is 1. The van der Waals surface area contributed by atoms with Crippen LogP contribution in [0.25, 0.3) is 0 Å². The van der Waals surface area contributed by atoms with Crippen LogP contribution in [0.3, 0.4) is 0 Å². The summed E-state index contributed by atoms with van der Waals surface area (Å²) in [6, 6.07) is 3.35. The van der Waals surface area contributed by atoms with Crippen molar-refractivity contribution in [2.45, 2.75) is 18.8 Å². The molecule has 1 fully saturated rings. The predicted molar refractivity (Wildman–Crippen MR) is 65.5 cm³/mol. The van der Waals surface area contributed by atoms with Crippen LogP contribution in [0.2, 0.25) is 0 Å². The highest BCUT2D eigenvalue weighted by Gasteiger charge is 2.21. The molecule has 0 spiro atoms. The maximum Gasteiger partial charge on any atom is 0.141 e. The molecule has 1 aliphatic rings. The molecule has 1 aromatic carbocycles. The summed E-state index contributed by atoms with van der Waals surface area (Å²) in [5, 5.41) is 3.32. The van der Waals surface area contributed by atoms with E-state index in [2.05, 4.69) is 21.2 Å². The van der Waals surface area contributed by atoms with E-state index >= 15 is 0 Å². The van der Waals surface area contributed by atoms with Gasteiger partial charge in [-0.05, 0) is 59.4 Å². The number of halogens is 2. The molecule has 0 amide bonds. The number of hydrogen-bond acceptors (Lipinski definition) is 2. The summed E-state index contributed by atoms with van der Waals surface area (Å²) in [5.74, 6) is 0.842. The van der Waals surface area contributed by atoms with E-state index in [-0.39, 0.29) is 5.82 Å². The Morgan fingerprint density at radius 1 is 1.38 bits per heavy atom. The summed E-state index contributed by atoms with van der Waals surface area (Å²) in [4.78, 5) is 0. The molecule has 0 bridgehead atoms. The van der Waals surface area contributed by atoms with E-state index in [0.29, 0.717) is 16.1 Å². The molecule has 0 aromatic heterocycles. The lowest BCUT2D eigenvalue weighted by atomic mass is 9.89. The van der Waals surface area contributed by atoms with E-state index in [4.69, 9.17) is 4.74 Å². The van der Waals surface area contributed by atoms with Crippen molar-refractivity contribution in [1.82, 2.24) is 5.32 Å². The fourth-order valence-electron chi connectivity index (χ4n) is 2.21. The van der Waals surface area contributed by atoms with E-state index in [1.54, 1.807) is 7.11 Å². The standard InChI is InChI=1S/C12H15BrFNO/c1-16-12-9(2-3-10(14)11(12)13)8-4-6-15-7-5-8/h2-3,8,15H,4-7H2,1H3. The summed E-state index contributed by atoms with van der Waals surface area (Å²) in [6.07, 6.45) is 2.16. The Kier molecular flexibility index (Phi) is 3.82. The molecule has 0 unspecified atom stereocenters. The van der Waals surface area contributed by atoms with Gasteiger partial charge in [0, 0.05) is 0 Å². The second-order valence-electron chi connectivity index (χ2n) is 4.01. The molecule has 1 aromatic rings. The minimum atomic E-state index is -0.269. The van der Waals surface area contributed by atoms with Crippen LogP contribution in [-0.4, -0.2) is 20.2 Å². The number of hydrogen-bond donors (Lipinski definition) is 1. The summed E-state index contributed by atoms with van der Waals surface area (Å²) >= 11 is 3.24. The zero-order valence-corrected chi connectivity index (χ0v) is 10.8. The van der Waals surface area contributed by atoms with Crippen molar-refractivity contribution in [1.29, 1.82) is 0 Å². The number of piperidine rings is 1. The Morgan fingerprint density at radius 3 is 2.69 bits per heavy atom. The van der Waals surface area contributed by atoms with Crippen molar-refractivity contribution < 1.29 is 9.13 Å². The van der Waals surface area contributed by atoms with Crippen LogP contribution in [-0.2, 0) is 0 Å². The lowest BCUT2D eigenvalue weighted by molar-refractivity contribution is 0.385. The van der Waals surface area contributed by atoms with Gasteiger partial charge in [0.15, 0.2) is 0 Å². The molecule has 88 valence electrons. The molecular formula is C12H15BrFNO. The molecule has 0 atom stereocenters. The van der Waals surface area contributed by atoms with Gasteiger partial charge in [-0.25, -0.2) is 4.39 Å². The highest BCUT2D eigenvalue weighted by molar-refractivity contribution is 9.10. The van der Waals surface area contributed by atoms with Crippen LogP contribution in [0, 0.1) is 5.82 Å². The first-order valence-electron chi connectivity index (χ1n) is 5.46. The van der Waals surface area contributed by atoms with Gasteiger partial charge in [-0.3, -0.25) is 0 Å². The lowest BCUT2D eigenvalue weighted by Crippen LogP contribution is -2.26. The molecule has 2 nitrogen and oxygen atoms in total. The fraction of sp³-hybridized carbons (Fsp3) is 0.500. The number of nitrogens with one attached hydrogen (secondary N) is 1. The number of methoxy groups -OCH3 is 1. The van der Waals surface area contributed by atoms with Crippen LogP contribution in [0.5, 0.6) is 5.75 Å². The van der Waals surface area contributed by atoms with Gasteiger partial charge in [-0.15, -0.1) is 0 Å². The van der Waals surface area contributed by atoms with Gasteiger partial charge in [-0.1, -0.05) is 6.07 Å². The zero-order chi connectivity index (χ0) is 11.5. The summed E-state index contributed by atoms with van der Waals surface area (Å²) in [5.41, 5.74) is 1.11. The van der Waals surface area contributed by atoms with Crippen LogP contribution in [0.4, 0.5) is 4.39 Å². The molecule has 2 rings (SSSR count). The third-order valence-corrected chi connectivity index (χ3v) is 3.80. The van der Waals surface area contributed by atoms with Crippen LogP contribution in [0.15, 0.2) is 16.6 Å². The van der Waals surface area contributed by atoms with Gasteiger partial charge >= 0.3 is 0 Å². The first kappa shape index (κ1) is 11.9. The highest BCUT2D eigenvalue weighted by atomic mass is 79.9. The smallest absolute Gasteiger partial charge is 0.141 e. The summed E-state index contributed by atoms with van der Waals surface area (Å²) in [6.45, 7) is 2.03. The third kappa shape index (κ3) is 2.23. The molecule has 4 heteroatoms. The Hall–Kier alpha value is -0.610. The number of rotatable bonds is 2. The maximum absolute atomic E-state index is 13.4. The predicted octanol–water partition coefficient (Wildman–Crippen LogP) is 3.06. The fourth-order valence-corrected chi connectivity index (χ4v) is 2.73. The van der Waals surface area contributed by atoms with E-state index < -0.39 is 0 Å². The van der Waals surface area contributed by atoms with Gasteiger partial charge in [0.25, 0.3) is 0 Å². The topological polar surface area (TPSA) is 21.3 Å². The second kappa shape index (κ2) is 5.15. The quantitative estimate of drug-likeness (QED) is 0.903. The maximum atomic E-state index is 13.4. The van der Waals surface area contributed by atoms with Crippen molar-refractivity contribution in [3.8, 4) is 5.75 Å².